The van der Waals surface area contributed by atoms with Gasteiger partial charge in [0.15, 0.2) is 0 Å². The Balaban J connectivity index is 1.56. The van der Waals surface area contributed by atoms with E-state index < -0.39 is 5.97 Å². The van der Waals surface area contributed by atoms with Crippen LogP contribution in [0.3, 0.4) is 0 Å². The van der Waals surface area contributed by atoms with Crippen LogP contribution in [0.4, 0.5) is 5.69 Å². The Bertz CT molecular complexity index is 645. The molecule has 0 aromatic heterocycles. The molecule has 3 nitrogen and oxygen atoms in total. The van der Waals surface area contributed by atoms with E-state index in [-0.39, 0.29) is 6.42 Å². The molecule has 2 aromatic carbocycles. The van der Waals surface area contributed by atoms with Crippen LogP contribution in [0.25, 0.3) is 0 Å². The summed E-state index contributed by atoms with van der Waals surface area (Å²) in [4.78, 5) is 10.6. The molecule has 0 unspecified atom stereocenters. The first-order valence-electron chi connectivity index (χ1n) is 7.84. The molecule has 22 heavy (non-hydrogen) atoms. The van der Waals surface area contributed by atoms with Crippen molar-refractivity contribution >= 4 is 11.7 Å². The third kappa shape index (κ3) is 4.10. The maximum Gasteiger partial charge on any atom is 0.303 e. The van der Waals surface area contributed by atoms with Crippen LogP contribution in [-0.2, 0) is 17.8 Å². The number of aryl methyl sites for hydroxylation is 1. The van der Waals surface area contributed by atoms with Gasteiger partial charge in [0.1, 0.15) is 0 Å². The van der Waals surface area contributed by atoms with Crippen molar-refractivity contribution in [2.75, 3.05) is 5.32 Å². The van der Waals surface area contributed by atoms with Crippen LogP contribution < -0.4 is 5.32 Å². The lowest BCUT2D eigenvalue weighted by Gasteiger charge is -2.09. The van der Waals surface area contributed by atoms with Gasteiger partial charge < -0.3 is 10.4 Å². The molecule has 114 valence electrons. The van der Waals surface area contributed by atoms with Gasteiger partial charge in [-0.25, -0.2) is 0 Å². The van der Waals surface area contributed by atoms with Gasteiger partial charge in [0.05, 0.1) is 0 Å². The quantitative estimate of drug-likeness (QED) is 0.805. The topological polar surface area (TPSA) is 49.3 Å². The molecule has 0 radical (unpaired) electrons. The largest absolute Gasteiger partial charge is 0.481 e. The first-order valence-corrected chi connectivity index (χ1v) is 7.84. The Morgan fingerprint density at radius 3 is 2.55 bits per heavy atom. The highest BCUT2D eigenvalue weighted by Gasteiger charge is 2.22. The molecule has 1 fully saturated rings. The highest BCUT2D eigenvalue weighted by atomic mass is 16.4. The third-order valence-electron chi connectivity index (χ3n) is 4.08. The number of benzene rings is 2. The molecule has 0 spiro atoms. The van der Waals surface area contributed by atoms with Gasteiger partial charge in [0, 0.05) is 18.7 Å². The molecule has 0 bridgehead atoms. The monoisotopic (exact) mass is 295 g/mol. The number of carboxylic acids is 1. The summed E-state index contributed by atoms with van der Waals surface area (Å²) in [5.74, 6) is 0.0436. The van der Waals surface area contributed by atoms with E-state index in [1.165, 1.54) is 24.0 Å². The second-order valence-electron chi connectivity index (χ2n) is 5.96. The Kier molecular flexibility index (Phi) is 4.42. The molecule has 2 N–H and O–H groups in total. The van der Waals surface area contributed by atoms with Crippen LogP contribution >= 0.6 is 0 Å². The van der Waals surface area contributed by atoms with Gasteiger partial charge >= 0.3 is 5.97 Å². The van der Waals surface area contributed by atoms with Crippen molar-refractivity contribution in [2.45, 2.75) is 38.1 Å². The lowest BCUT2D eigenvalue weighted by atomic mass is 10.1. The Morgan fingerprint density at radius 1 is 1.09 bits per heavy atom. The average Bonchev–Trinajstić information content (AvgIpc) is 3.37. The van der Waals surface area contributed by atoms with E-state index in [9.17, 15) is 4.79 Å². The van der Waals surface area contributed by atoms with Crippen molar-refractivity contribution in [3.63, 3.8) is 0 Å². The summed E-state index contributed by atoms with van der Waals surface area (Å²) in [6, 6.07) is 16.8. The number of hydrogen-bond donors (Lipinski definition) is 2. The molecule has 0 atom stereocenters. The van der Waals surface area contributed by atoms with E-state index in [0.717, 1.165) is 23.7 Å². The maximum absolute atomic E-state index is 10.6. The first kappa shape index (κ1) is 14.6. The Hall–Kier alpha value is -2.29. The fourth-order valence-corrected chi connectivity index (χ4v) is 2.62. The second kappa shape index (κ2) is 6.65. The van der Waals surface area contributed by atoms with Gasteiger partial charge in [-0.15, -0.1) is 0 Å². The molecule has 3 rings (SSSR count). The molecule has 0 amide bonds. The third-order valence-corrected chi connectivity index (χ3v) is 4.08. The maximum atomic E-state index is 10.6. The molecule has 0 heterocycles. The number of carbonyl (C=O) groups is 1. The van der Waals surface area contributed by atoms with Crippen LogP contribution in [0.5, 0.6) is 0 Å². The summed E-state index contributed by atoms with van der Waals surface area (Å²) in [6.45, 7) is 0.785. The minimum Gasteiger partial charge on any atom is -0.481 e. The minimum atomic E-state index is -0.755. The van der Waals surface area contributed by atoms with Crippen LogP contribution in [0, 0.1) is 0 Å². The molecular formula is C19H21NO2. The van der Waals surface area contributed by atoms with Crippen LogP contribution in [-0.4, -0.2) is 11.1 Å². The minimum absolute atomic E-state index is 0.173. The van der Waals surface area contributed by atoms with E-state index in [2.05, 4.69) is 29.6 Å². The van der Waals surface area contributed by atoms with Crippen LogP contribution in [0.15, 0.2) is 48.5 Å². The van der Waals surface area contributed by atoms with Crippen molar-refractivity contribution in [3.05, 3.63) is 65.2 Å². The van der Waals surface area contributed by atoms with Crippen molar-refractivity contribution in [3.8, 4) is 0 Å². The molecule has 3 heteroatoms. The van der Waals surface area contributed by atoms with Gasteiger partial charge in [0.25, 0.3) is 0 Å². The summed E-state index contributed by atoms with van der Waals surface area (Å²) in [7, 11) is 0. The summed E-state index contributed by atoms with van der Waals surface area (Å²) >= 11 is 0. The highest BCUT2D eigenvalue weighted by molar-refractivity contribution is 5.67. The van der Waals surface area contributed by atoms with E-state index in [0.29, 0.717) is 6.42 Å². The second-order valence-corrected chi connectivity index (χ2v) is 5.96. The Labute approximate surface area is 131 Å². The Morgan fingerprint density at radius 2 is 1.86 bits per heavy atom. The van der Waals surface area contributed by atoms with Crippen molar-refractivity contribution in [2.24, 2.45) is 0 Å². The normalized spacial score (nSPS) is 13.8. The zero-order valence-electron chi connectivity index (χ0n) is 12.6. The highest BCUT2D eigenvalue weighted by Crippen LogP contribution is 2.39. The number of carboxylic acid groups (broad SMARTS) is 1. The molecule has 0 aliphatic heterocycles. The van der Waals surface area contributed by atoms with Gasteiger partial charge in [0.2, 0.25) is 0 Å². The number of aliphatic carboxylic acids is 1. The molecule has 0 saturated heterocycles. The van der Waals surface area contributed by atoms with E-state index in [1.54, 1.807) is 0 Å². The lowest BCUT2D eigenvalue weighted by Crippen LogP contribution is -2.01. The van der Waals surface area contributed by atoms with Crippen molar-refractivity contribution in [1.29, 1.82) is 0 Å². The predicted octanol–water partition coefficient (Wildman–Crippen LogP) is 4.19. The zero-order valence-corrected chi connectivity index (χ0v) is 12.6. The average molecular weight is 295 g/mol. The van der Waals surface area contributed by atoms with Gasteiger partial charge in [-0.1, -0.05) is 36.4 Å². The SMILES string of the molecule is O=C(O)CCc1cccc(NCc2ccc(C3CC3)cc2)c1. The smallest absolute Gasteiger partial charge is 0.303 e. The zero-order chi connectivity index (χ0) is 15.4. The lowest BCUT2D eigenvalue weighted by molar-refractivity contribution is -0.136. The predicted molar refractivity (Wildman–Crippen MR) is 88.1 cm³/mol. The van der Waals surface area contributed by atoms with Crippen LogP contribution in [0.2, 0.25) is 0 Å². The number of hydrogen-bond acceptors (Lipinski definition) is 2. The fraction of sp³-hybridized carbons (Fsp3) is 0.316. The summed E-state index contributed by atoms with van der Waals surface area (Å²) in [6.07, 6.45) is 3.41. The number of nitrogens with one attached hydrogen (secondary N) is 1. The summed E-state index contributed by atoms with van der Waals surface area (Å²) in [5.41, 5.74) is 4.81. The molecule has 2 aromatic rings. The summed E-state index contributed by atoms with van der Waals surface area (Å²) in [5, 5.41) is 12.2. The molecular weight excluding hydrogens is 274 g/mol. The van der Waals surface area contributed by atoms with E-state index in [1.807, 2.05) is 24.3 Å². The van der Waals surface area contributed by atoms with Crippen molar-refractivity contribution < 1.29 is 9.90 Å². The fourth-order valence-electron chi connectivity index (χ4n) is 2.62. The van der Waals surface area contributed by atoms with Gasteiger partial charge in [-0.2, -0.15) is 0 Å². The molecule has 1 aliphatic carbocycles. The van der Waals surface area contributed by atoms with Gasteiger partial charge in [-0.05, 0) is 54.0 Å². The summed E-state index contributed by atoms with van der Waals surface area (Å²) < 4.78 is 0. The van der Waals surface area contributed by atoms with E-state index in [4.69, 9.17) is 5.11 Å². The van der Waals surface area contributed by atoms with Gasteiger partial charge in [-0.3, -0.25) is 4.79 Å². The number of anilines is 1. The number of rotatable bonds is 7. The first-order chi connectivity index (χ1) is 10.7. The van der Waals surface area contributed by atoms with E-state index >= 15 is 0 Å². The molecule has 1 aliphatic rings. The molecule has 1 saturated carbocycles. The standard InChI is InChI=1S/C19H21NO2/c21-19(22)11-6-14-2-1-3-18(12-14)20-13-15-4-7-16(8-5-15)17-9-10-17/h1-5,7-8,12,17,20H,6,9-11,13H2,(H,21,22). The van der Waals surface area contributed by atoms with Crippen LogP contribution in [0.1, 0.15) is 41.9 Å². The van der Waals surface area contributed by atoms with Crippen molar-refractivity contribution in [1.82, 2.24) is 0 Å².